The second-order valence-electron chi connectivity index (χ2n) is 6.55. The summed E-state index contributed by atoms with van der Waals surface area (Å²) in [5.41, 5.74) is 2.67. The molecule has 0 saturated carbocycles. The summed E-state index contributed by atoms with van der Waals surface area (Å²) in [5, 5.41) is 2.44. The summed E-state index contributed by atoms with van der Waals surface area (Å²) in [6.45, 7) is 4.39. The van der Waals surface area contributed by atoms with Crippen LogP contribution in [0.4, 0.5) is 0 Å². The third kappa shape index (κ3) is 4.17. The van der Waals surface area contributed by atoms with Gasteiger partial charge in [0.15, 0.2) is 0 Å². The van der Waals surface area contributed by atoms with E-state index in [9.17, 15) is 0 Å². The normalized spacial score (nSPS) is 12.2. The molecule has 0 bridgehead atoms. The number of ether oxygens (including phenoxy) is 1. The van der Waals surface area contributed by atoms with Crippen LogP contribution >= 0.6 is 0 Å². The predicted octanol–water partition coefficient (Wildman–Crippen LogP) is 6.33. The first-order valence-electron chi connectivity index (χ1n) is 8.96. The van der Waals surface area contributed by atoms with Crippen molar-refractivity contribution in [2.24, 2.45) is 0 Å². The number of hydrogen-bond donors (Lipinski definition) is 0. The van der Waals surface area contributed by atoms with Gasteiger partial charge in [-0.25, -0.2) is 0 Å². The molecule has 1 atom stereocenters. The summed E-state index contributed by atoms with van der Waals surface area (Å²) in [7, 11) is 0. The molecule has 0 spiro atoms. The summed E-state index contributed by atoms with van der Waals surface area (Å²) >= 11 is 0. The third-order valence-electron chi connectivity index (χ3n) is 4.47. The van der Waals surface area contributed by atoms with Crippen molar-refractivity contribution >= 4 is 10.8 Å². The standard InChI is InChI=1S/C23H26O/c1-3-4-13-21(17-19-10-7-9-18(2)16-19)24-23-15-8-12-20-11-5-6-14-22(20)23/h5-12,14-16,21H,3-4,13,17H2,1-2H3. The molecule has 0 saturated heterocycles. The number of rotatable bonds is 7. The van der Waals surface area contributed by atoms with Gasteiger partial charge in [-0.05, 0) is 30.4 Å². The summed E-state index contributed by atoms with van der Waals surface area (Å²) in [4.78, 5) is 0. The van der Waals surface area contributed by atoms with Gasteiger partial charge in [0.1, 0.15) is 11.9 Å². The van der Waals surface area contributed by atoms with E-state index in [0.717, 1.165) is 18.6 Å². The lowest BCUT2D eigenvalue weighted by atomic mass is 10.0. The third-order valence-corrected chi connectivity index (χ3v) is 4.47. The molecule has 3 aromatic rings. The van der Waals surface area contributed by atoms with Crippen molar-refractivity contribution in [2.45, 2.75) is 45.6 Å². The van der Waals surface area contributed by atoms with E-state index in [-0.39, 0.29) is 6.10 Å². The smallest absolute Gasteiger partial charge is 0.127 e. The topological polar surface area (TPSA) is 9.23 Å². The summed E-state index contributed by atoms with van der Waals surface area (Å²) in [6.07, 6.45) is 4.67. The molecular weight excluding hydrogens is 292 g/mol. The lowest BCUT2D eigenvalue weighted by molar-refractivity contribution is 0.190. The Labute approximate surface area is 145 Å². The molecule has 0 aliphatic rings. The molecule has 24 heavy (non-hydrogen) atoms. The largest absolute Gasteiger partial charge is 0.489 e. The van der Waals surface area contributed by atoms with Crippen molar-refractivity contribution in [1.29, 1.82) is 0 Å². The average molecular weight is 318 g/mol. The van der Waals surface area contributed by atoms with Gasteiger partial charge in [0, 0.05) is 11.8 Å². The van der Waals surface area contributed by atoms with E-state index in [1.165, 1.54) is 34.7 Å². The van der Waals surface area contributed by atoms with Gasteiger partial charge in [-0.3, -0.25) is 0 Å². The Morgan fingerprint density at radius 2 is 1.71 bits per heavy atom. The first-order valence-corrected chi connectivity index (χ1v) is 8.96. The van der Waals surface area contributed by atoms with E-state index in [2.05, 4.69) is 80.6 Å². The lowest BCUT2D eigenvalue weighted by Gasteiger charge is -2.20. The van der Waals surface area contributed by atoms with Crippen LogP contribution in [-0.4, -0.2) is 6.10 Å². The van der Waals surface area contributed by atoms with Crippen LogP contribution < -0.4 is 4.74 Å². The molecule has 3 rings (SSSR count). The van der Waals surface area contributed by atoms with E-state index in [1.807, 2.05) is 0 Å². The van der Waals surface area contributed by atoms with Gasteiger partial charge < -0.3 is 4.74 Å². The van der Waals surface area contributed by atoms with Gasteiger partial charge in [0.05, 0.1) is 0 Å². The maximum absolute atomic E-state index is 6.47. The van der Waals surface area contributed by atoms with Gasteiger partial charge >= 0.3 is 0 Å². The van der Waals surface area contributed by atoms with Crippen LogP contribution in [0.15, 0.2) is 66.7 Å². The molecule has 0 heterocycles. The lowest BCUT2D eigenvalue weighted by Crippen LogP contribution is -2.20. The van der Waals surface area contributed by atoms with E-state index >= 15 is 0 Å². The predicted molar refractivity (Wildman–Crippen MR) is 103 cm³/mol. The molecule has 0 radical (unpaired) electrons. The fraction of sp³-hybridized carbons (Fsp3) is 0.304. The van der Waals surface area contributed by atoms with Gasteiger partial charge in [0.2, 0.25) is 0 Å². The van der Waals surface area contributed by atoms with E-state index in [4.69, 9.17) is 4.74 Å². The monoisotopic (exact) mass is 318 g/mol. The van der Waals surface area contributed by atoms with Gasteiger partial charge in [-0.1, -0.05) is 86.0 Å². The molecule has 1 nitrogen and oxygen atoms in total. The highest BCUT2D eigenvalue weighted by Gasteiger charge is 2.13. The van der Waals surface area contributed by atoms with Crippen molar-refractivity contribution in [1.82, 2.24) is 0 Å². The number of unbranched alkanes of at least 4 members (excludes halogenated alkanes) is 1. The van der Waals surface area contributed by atoms with Crippen molar-refractivity contribution < 1.29 is 4.74 Å². The summed E-state index contributed by atoms with van der Waals surface area (Å²) < 4.78 is 6.47. The van der Waals surface area contributed by atoms with Crippen LogP contribution in [0.1, 0.15) is 37.3 Å². The van der Waals surface area contributed by atoms with Crippen LogP contribution in [0.2, 0.25) is 0 Å². The maximum atomic E-state index is 6.47. The van der Waals surface area contributed by atoms with Crippen LogP contribution in [0.25, 0.3) is 10.8 Å². The summed E-state index contributed by atoms with van der Waals surface area (Å²) in [6, 6.07) is 23.5. The quantitative estimate of drug-likeness (QED) is 0.494. The first kappa shape index (κ1) is 16.6. The van der Waals surface area contributed by atoms with Gasteiger partial charge in [-0.15, -0.1) is 0 Å². The maximum Gasteiger partial charge on any atom is 0.127 e. The Morgan fingerprint density at radius 1 is 0.917 bits per heavy atom. The van der Waals surface area contributed by atoms with Gasteiger partial charge in [-0.2, -0.15) is 0 Å². The zero-order valence-electron chi connectivity index (χ0n) is 14.7. The number of hydrogen-bond acceptors (Lipinski definition) is 1. The fourth-order valence-electron chi connectivity index (χ4n) is 3.21. The highest BCUT2D eigenvalue weighted by atomic mass is 16.5. The molecule has 0 aliphatic carbocycles. The minimum absolute atomic E-state index is 0.220. The zero-order valence-corrected chi connectivity index (χ0v) is 14.7. The minimum atomic E-state index is 0.220. The second kappa shape index (κ2) is 8.01. The molecule has 0 fully saturated rings. The average Bonchev–Trinajstić information content (AvgIpc) is 2.60. The second-order valence-corrected chi connectivity index (χ2v) is 6.55. The zero-order chi connectivity index (χ0) is 16.8. The molecule has 1 heteroatoms. The summed E-state index contributed by atoms with van der Waals surface area (Å²) in [5.74, 6) is 1.00. The molecule has 0 amide bonds. The van der Waals surface area contributed by atoms with E-state index in [1.54, 1.807) is 0 Å². The van der Waals surface area contributed by atoms with Crippen LogP contribution in [0.3, 0.4) is 0 Å². The SMILES string of the molecule is CCCCC(Cc1cccc(C)c1)Oc1cccc2ccccc12. The van der Waals surface area contributed by atoms with Crippen molar-refractivity contribution in [3.05, 3.63) is 77.9 Å². The Morgan fingerprint density at radius 3 is 2.54 bits per heavy atom. The highest BCUT2D eigenvalue weighted by Crippen LogP contribution is 2.27. The number of benzene rings is 3. The van der Waals surface area contributed by atoms with Crippen molar-refractivity contribution in [3.63, 3.8) is 0 Å². The molecule has 3 aromatic carbocycles. The molecule has 1 unspecified atom stereocenters. The Balaban J connectivity index is 1.83. The Bertz CT molecular complexity index is 785. The van der Waals surface area contributed by atoms with Gasteiger partial charge in [0.25, 0.3) is 0 Å². The first-order chi connectivity index (χ1) is 11.8. The van der Waals surface area contributed by atoms with Crippen LogP contribution in [-0.2, 0) is 6.42 Å². The molecule has 124 valence electrons. The Hall–Kier alpha value is -2.28. The van der Waals surface area contributed by atoms with Crippen LogP contribution in [0, 0.1) is 6.92 Å². The Kier molecular flexibility index (Phi) is 5.53. The van der Waals surface area contributed by atoms with E-state index < -0.39 is 0 Å². The van der Waals surface area contributed by atoms with E-state index in [0.29, 0.717) is 0 Å². The van der Waals surface area contributed by atoms with Crippen LogP contribution in [0.5, 0.6) is 5.75 Å². The van der Waals surface area contributed by atoms with Crippen molar-refractivity contribution in [2.75, 3.05) is 0 Å². The van der Waals surface area contributed by atoms with Crippen molar-refractivity contribution in [3.8, 4) is 5.75 Å². The number of fused-ring (bicyclic) bond motifs is 1. The molecule has 0 aromatic heterocycles. The minimum Gasteiger partial charge on any atom is -0.489 e. The molecular formula is C23H26O. The highest BCUT2D eigenvalue weighted by molar-refractivity contribution is 5.88. The molecule has 0 N–H and O–H groups in total. The molecule has 0 aliphatic heterocycles. The fourth-order valence-corrected chi connectivity index (χ4v) is 3.21. The number of aryl methyl sites for hydroxylation is 1.